The number of hydrogen-bond acceptors (Lipinski definition) is 3. The molecule has 0 aromatic heterocycles. The van der Waals surface area contributed by atoms with E-state index in [9.17, 15) is 9.59 Å². The van der Waals surface area contributed by atoms with Gasteiger partial charge in [0.15, 0.2) is 12.4 Å². The molecule has 0 spiro atoms. The Kier molecular flexibility index (Phi) is 3.23. The molecule has 2 aliphatic rings. The van der Waals surface area contributed by atoms with Gasteiger partial charge in [0.25, 0.3) is 0 Å². The Morgan fingerprint density at radius 3 is 2.73 bits per heavy atom. The van der Waals surface area contributed by atoms with Crippen LogP contribution in [-0.4, -0.2) is 24.5 Å². The van der Waals surface area contributed by atoms with E-state index >= 15 is 0 Å². The highest BCUT2D eigenvalue weighted by Gasteiger charge is 2.35. The molecule has 15 heavy (non-hydrogen) atoms. The minimum Gasteiger partial charge on any atom is -0.436 e. The Labute approximate surface area is 89.4 Å². The van der Waals surface area contributed by atoms with Gasteiger partial charge < -0.3 is 10.1 Å². The Bertz CT molecular complexity index is 248. The highest BCUT2D eigenvalue weighted by Crippen LogP contribution is 2.29. The first-order valence-corrected chi connectivity index (χ1v) is 5.72. The summed E-state index contributed by atoms with van der Waals surface area (Å²) in [6.07, 6.45) is 6.90. The van der Waals surface area contributed by atoms with E-state index in [1.165, 1.54) is 32.1 Å². The summed E-state index contributed by atoms with van der Waals surface area (Å²) in [6, 6.07) is -0.0990. The van der Waals surface area contributed by atoms with Crippen LogP contribution in [0.25, 0.3) is 0 Å². The van der Waals surface area contributed by atoms with Gasteiger partial charge in [0.05, 0.1) is 6.04 Å². The van der Waals surface area contributed by atoms with Crippen molar-refractivity contribution in [3.05, 3.63) is 0 Å². The Morgan fingerprint density at radius 1 is 1.33 bits per heavy atom. The van der Waals surface area contributed by atoms with Gasteiger partial charge in [-0.2, -0.15) is 0 Å². The predicted molar refractivity (Wildman–Crippen MR) is 54.4 cm³/mol. The van der Waals surface area contributed by atoms with Crippen molar-refractivity contribution in [2.75, 3.05) is 0 Å². The molecule has 1 heterocycles. The lowest BCUT2D eigenvalue weighted by atomic mass is 9.84. The number of carbonyl (C=O) groups is 2. The lowest BCUT2D eigenvalue weighted by Crippen LogP contribution is -2.34. The summed E-state index contributed by atoms with van der Waals surface area (Å²) in [5.74, 6) is 0.646. The van der Waals surface area contributed by atoms with Crippen molar-refractivity contribution in [1.29, 1.82) is 0 Å². The van der Waals surface area contributed by atoms with Gasteiger partial charge in [0, 0.05) is 0 Å². The molecule has 0 radical (unpaired) electrons. The van der Waals surface area contributed by atoms with Crippen LogP contribution in [0.3, 0.4) is 0 Å². The number of aldehydes is 1. The average molecular weight is 211 g/mol. The molecule has 2 rings (SSSR count). The van der Waals surface area contributed by atoms with Gasteiger partial charge in [-0.1, -0.05) is 32.1 Å². The highest BCUT2D eigenvalue weighted by atomic mass is 16.6. The zero-order chi connectivity index (χ0) is 10.7. The number of ether oxygens (including phenoxy) is 1. The van der Waals surface area contributed by atoms with E-state index < -0.39 is 12.2 Å². The van der Waals surface area contributed by atoms with Gasteiger partial charge in [-0.05, 0) is 12.3 Å². The number of alkyl carbamates (subject to hydrolysis) is 1. The van der Waals surface area contributed by atoms with E-state index in [0.717, 1.165) is 12.7 Å². The average Bonchev–Trinajstić information content (AvgIpc) is 2.60. The summed E-state index contributed by atoms with van der Waals surface area (Å²) in [7, 11) is 0. The van der Waals surface area contributed by atoms with Gasteiger partial charge in [-0.25, -0.2) is 4.79 Å². The molecule has 0 bridgehead atoms. The molecule has 1 saturated carbocycles. The maximum absolute atomic E-state index is 11.0. The van der Waals surface area contributed by atoms with Gasteiger partial charge in [-0.3, -0.25) is 4.79 Å². The molecule has 0 unspecified atom stereocenters. The number of carbonyl (C=O) groups excluding carboxylic acids is 2. The van der Waals surface area contributed by atoms with Crippen molar-refractivity contribution in [2.45, 2.75) is 50.7 Å². The summed E-state index contributed by atoms with van der Waals surface area (Å²) in [5, 5.41) is 2.71. The fraction of sp³-hybridized carbons (Fsp3) is 0.818. The van der Waals surface area contributed by atoms with E-state index in [4.69, 9.17) is 4.74 Å². The number of rotatable bonds is 3. The molecule has 1 amide bonds. The Hall–Kier alpha value is -1.06. The SMILES string of the molecule is O=C[C@@H]1OC(=O)N[C@H]1CC1CCCCC1. The molecule has 0 aromatic rings. The van der Waals surface area contributed by atoms with E-state index in [0.29, 0.717) is 5.92 Å². The quantitative estimate of drug-likeness (QED) is 0.722. The lowest BCUT2D eigenvalue weighted by Gasteiger charge is -2.24. The molecule has 1 N–H and O–H groups in total. The van der Waals surface area contributed by atoms with Crippen LogP contribution in [0.4, 0.5) is 4.79 Å². The fourth-order valence-electron chi connectivity index (χ4n) is 2.57. The van der Waals surface area contributed by atoms with Gasteiger partial charge in [0.2, 0.25) is 0 Å². The summed E-state index contributed by atoms with van der Waals surface area (Å²) in [6.45, 7) is 0. The normalized spacial score (nSPS) is 32.1. The second-order valence-electron chi connectivity index (χ2n) is 4.50. The first-order valence-electron chi connectivity index (χ1n) is 5.72. The number of cyclic esters (lactones) is 1. The Morgan fingerprint density at radius 2 is 2.07 bits per heavy atom. The highest BCUT2D eigenvalue weighted by molar-refractivity contribution is 5.76. The van der Waals surface area contributed by atoms with Crippen LogP contribution >= 0.6 is 0 Å². The van der Waals surface area contributed by atoms with Crippen molar-refractivity contribution in [1.82, 2.24) is 5.32 Å². The van der Waals surface area contributed by atoms with Crippen LogP contribution in [0.5, 0.6) is 0 Å². The Balaban J connectivity index is 1.86. The maximum atomic E-state index is 11.0. The van der Waals surface area contributed by atoms with Crippen molar-refractivity contribution in [3.8, 4) is 0 Å². The minimum atomic E-state index is -0.570. The zero-order valence-electron chi connectivity index (χ0n) is 8.78. The molecule has 4 nitrogen and oxygen atoms in total. The molecular weight excluding hydrogens is 194 g/mol. The first kappa shape index (κ1) is 10.5. The predicted octanol–water partition coefficient (Wildman–Crippen LogP) is 1.63. The van der Waals surface area contributed by atoms with Crippen molar-refractivity contribution in [3.63, 3.8) is 0 Å². The molecule has 4 heteroatoms. The third-order valence-corrected chi connectivity index (χ3v) is 3.39. The van der Waals surface area contributed by atoms with E-state index in [1.807, 2.05) is 0 Å². The van der Waals surface area contributed by atoms with Crippen LogP contribution in [0, 0.1) is 5.92 Å². The third kappa shape index (κ3) is 2.49. The van der Waals surface area contributed by atoms with Crippen LogP contribution in [0.2, 0.25) is 0 Å². The van der Waals surface area contributed by atoms with Gasteiger partial charge in [0.1, 0.15) is 0 Å². The summed E-state index contributed by atoms with van der Waals surface area (Å²) < 4.78 is 4.85. The monoisotopic (exact) mass is 211 g/mol. The molecule has 1 aliphatic heterocycles. The molecule has 2 atom stereocenters. The summed E-state index contributed by atoms with van der Waals surface area (Å²) in [5.41, 5.74) is 0. The zero-order valence-corrected chi connectivity index (χ0v) is 8.78. The first-order chi connectivity index (χ1) is 7.29. The topological polar surface area (TPSA) is 55.4 Å². The fourth-order valence-corrected chi connectivity index (χ4v) is 2.57. The van der Waals surface area contributed by atoms with Gasteiger partial charge in [-0.15, -0.1) is 0 Å². The minimum absolute atomic E-state index is 0.0990. The van der Waals surface area contributed by atoms with Crippen LogP contribution in [-0.2, 0) is 9.53 Å². The van der Waals surface area contributed by atoms with Crippen molar-refractivity contribution < 1.29 is 14.3 Å². The lowest BCUT2D eigenvalue weighted by molar-refractivity contribution is -0.114. The number of amides is 1. The standard InChI is InChI=1S/C11H17NO3/c13-7-10-9(12-11(14)15-10)6-8-4-2-1-3-5-8/h7-10H,1-6H2,(H,12,14)/t9-,10-/m0/s1. The van der Waals surface area contributed by atoms with Crippen LogP contribution in [0.1, 0.15) is 38.5 Å². The third-order valence-electron chi connectivity index (χ3n) is 3.39. The smallest absolute Gasteiger partial charge is 0.408 e. The van der Waals surface area contributed by atoms with Gasteiger partial charge >= 0.3 is 6.09 Å². The molecule has 1 aliphatic carbocycles. The van der Waals surface area contributed by atoms with Crippen LogP contribution < -0.4 is 5.32 Å². The maximum Gasteiger partial charge on any atom is 0.408 e. The summed E-state index contributed by atoms with van der Waals surface area (Å²) in [4.78, 5) is 21.7. The van der Waals surface area contributed by atoms with Crippen molar-refractivity contribution in [2.24, 2.45) is 5.92 Å². The number of nitrogens with one attached hydrogen (secondary N) is 1. The van der Waals surface area contributed by atoms with E-state index in [-0.39, 0.29) is 6.04 Å². The molecule has 0 aromatic carbocycles. The number of hydrogen-bond donors (Lipinski definition) is 1. The van der Waals surface area contributed by atoms with Crippen LogP contribution in [0.15, 0.2) is 0 Å². The van der Waals surface area contributed by atoms with E-state index in [1.54, 1.807) is 0 Å². The molecule has 2 fully saturated rings. The summed E-state index contributed by atoms with van der Waals surface area (Å²) >= 11 is 0. The second kappa shape index (κ2) is 4.64. The second-order valence-corrected chi connectivity index (χ2v) is 4.50. The molecule has 84 valence electrons. The molecule has 1 saturated heterocycles. The largest absolute Gasteiger partial charge is 0.436 e. The van der Waals surface area contributed by atoms with Crippen molar-refractivity contribution >= 4 is 12.4 Å². The molecular formula is C11H17NO3. The van der Waals surface area contributed by atoms with E-state index in [2.05, 4.69) is 5.32 Å².